The van der Waals surface area contributed by atoms with Gasteiger partial charge >= 0.3 is 11.6 Å². The first-order valence-electron chi connectivity index (χ1n) is 7.92. The quantitative estimate of drug-likeness (QED) is 0.293. The molecule has 138 valence electrons. The van der Waals surface area contributed by atoms with Gasteiger partial charge in [-0.05, 0) is 25.1 Å². The van der Waals surface area contributed by atoms with Gasteiger partial charge in [-0.15, -0.1) is 0 Å². The van der Waals surface area contributed by atoms with E-state index in [1.54, 1.807) is 18.2 Å². The highest BCUT2D eigenvalue weighted by molar-refractivity contribution is 5.94. The van der Waals surface area contributed by atoms with Crippen molar-refractivity contribution in [3.63, 3.8) is 0 Å². The van der Waals surface area contributed by atoms with E-state index in [-0.39, 0.29) is 23.4 Å². The van der Waals surface area contributed by atoms with Crippen LogP contribution in [-0.4, -0.2) is 18.0 Å². The molecule has 0 aliphatic carbocycles. The highest BCUT2D eigenvalue weighted by Crippen LogP contribution is 2.26. The minimum atomic E-state index is -0.847. The van der Waals surface area contributed by atoms with Crippen LogP contribution < -0.4 is 10.4 Å². The van der Waals surface area contributed by atoms with Gasteiger partial charge in [-0.2, -0.15) is 0 Å². The third kappa shape index (κ3) is 3.64. The summed E-state index contributed by atoms with van der Waals surface area (Å²) in [6, 6.07) is 10.5. The zero-order chi connectivity index (χ0) is 19.6. The summed E-state index contributed by atoms with van der Waals surface area (Å²) in [5, 5.41) is 11.8. The molecule has 27 heavy (non-hydrogen) atoms. The van der Waals surface area contributed by atoms with Gasteiger partial charge in [0, 0.05) is 28.6 Å². The van der Waals surface area contributed by atoms with Crippen LogP contribution in [0, 0.1) is 17.0 Å². The van der Waals surface area contributed by atoms with E-state index in [1.807, 2.05) is 0 Å². The number of carbonyl (C=O) groups is 1. The van der Waals surface area contributed by atoms with Gasteiger partial charge in [0.05, 0.1) is 12.0 Å². The molecule has 0 atom stereocenters. The lowest BCUT2D eigenvalue weighted by Crippen LogP contribution is -2.10. The average Bonchev–Trinajstić information content (AvgIpc) is 2.64. The Morgan fingerprint density at radius 1 is 1.22 bits per heavy atom. The second-order valence-corrected chi connectivity index (χ2v) is 5.76. The Balaban J connectivity index is 1.92. The Hall–Kier alpha value is -3.68. The van der Waals surface area contributed by atoms with Crippen LogP contribution in [0.15, 0.2) is 51.7 Å². The van der Waals surface area contributed by atoms with E-state index in [9.17, 15) is 19.7 Å². The van der Waals surface area contributed by atoms with Crippen molar-refractivity contribution < 1.29 is 23.6 Å². The summed E-state index contributed by atoms with van der Waals surface area (Å²) in [5.74, 6) is -0.338. The lowest BCUT2D eigenvalue weighted by Gasteiger charge is -2.09. The molecule has 3 aromatic rings. The second kappa shape index (κ2) is 7.28. The standard InChI is InChI=1S/C19H15NO7/c1-11-4-3-5-15(18(11)20(23)24)19(22)26-10-12-8-17(21)27-16-9-13(25-2)6-7-14(12)16/h3-9H,10H2,1-2H3. The molecule has 0 aliphatic rings. The van der Waals surface area contributed by atoms with Crippen LogP contribution in [0.4, 0.5) is 5.69 Å². The molecule has 3 rings (SSSR count). The van der Waals surface area contributed by atoms with Gasteiger partial charge in [0.15, 0.2) is 0 Å². The maximum atomic E-state index is 12.4. The molecule has 0 aliphatic heterocycles. The summed E-state index contributed by atoms with van der Waals surface area (Å²) >= 11 is 0. The first-order valence-corrected chi connectivity index (χ1v) is 7.92. The Bertz CT molecular complexity index is 1100. The van der Waals surface area contributed by atoms with E-state index in [0.29, 0.717) is 22.3 Å². The molecule has 0 spiro atoms. The normalized spacial score (nSPS) is 10.6. The lowest BCUT2D eigenvalue weighted by atomic mass is 10.1. The van der Waals surface area contributed by atoms with Crippen LogP contribution in [0.1, 0.15) is 21.5 Å². The summed E-state index contributed by atoms with van der Waals surface area (Å²) in [7, 11) is 1.49. The van der Waals surface area contributed by atoms with Crippen LogP contribution in [-0.2, 0) is 11.3 Å². The van der Waals surface area contributed by atoms with Gasteiger partial charge in [-0.25, -0.2) is 9.59 Å². The predicted molar refractivity (Wildman–Crippen MR) is 96.0 cm³/mol. The monoisotopic (exact) mass is 369 g/mol. The van der Waals surface area contributed by atoms with Crippen molar-refractivity contribution in [2.45, 2.75) is 13.5 Å². The number of nitro groups is 1. The number of nitro benzene ring substituents is 1. The minimum absolute atomic E-state index is 0.144. The SMILES string of the molecule is COc1ccc2c(COC(=O)c3cccc(C)c3[N+](=O)[O-])cc(=O)oc2c1. The molecular weight excluding hydrogens is 354 g/mol. The van der Waals surface area contributed by atoms with Gasteiger partial charge in [0.1, 0.15) is 23.5 Å². The maximum absolute atomic E-state index is 12.4. The third-order valence-corrected chi connectivity index (χ3v) is 4.04. The number of carbonyl (C=O) groups excluding carboxylic acids is 1. The van der Waals surface area contributed by atoms with Crippen LogP contribution in [0.2, 0.25) is 0 Å². The van der Waals surface area contributed by atoms with Gasteiger partial charge in [-0.1, -0.05) is 12.1 Å². The smallest absolute Gasteiger partial charge is 0.345 e. The first-order chi connectivity index (χ1) is 12.9. The van der Waals surface area contributed by atoms with Crippen molar-refractivity contribution in [3.05, 3.63) is 79.7 Å². The molecule has 8 heteroatoms. The number of fused-ring (bicyclic) bond motifs is 1. The molecule has 0 amide bonds. The van der Waals surface area contributed by atoms with E-state index in [4.69, 9.17) is 13.9 Å². The Morgan fingerprint density at radius 3 is 2.70 bits per heavy atom. The van der Waals surface area contributed by atoms with Crippen LogP contribution in [0.25, 0.3) is 11.0 Å². The number of benzene rings is 2. The molecule has 0 fully saturated rings. The Morgan fingerprint density at radius 2 is 2.00 bits per heavy atom. The third-order valence-electron chi connectivity index (χ3n) is 4.04. The number of hydrogen-bond donors (Lipinski definition) is 0. The molecule has 0 N–H and O–H groups in total. The Kier molecular flexibility index (Phi) is 4.89. The number of rotatable bonds is 5. The van der Waals surface area contributed by atoms with Crippen molar-refractivity contribution in [3.8, 4) is 5.75 Å². The van der Waals surface area contributed by atoms with E-state index in [1.165, 1.54) is 38.3 Å². The summed E-state index contributed by atoms with van der Waals surface area (Å²) < 4.78 is 15.5. The van der Waals surface area contributed by atoms with E-state index < -0.39 is 16.5 Å². The van der Waals surface area contributed by atoms with Crippen molar-refractivity contribution in [2.24, 2.45) is 0 Å². The van der Waals surface area contributed by atoms with Crippen molar-refractivity contribution in [2.75, 3.05) is 7.11 Å². The molecule has 8 nitrogen and oxygen atoms in total. The minimum Gasteiger partial charge on any atom is -0.497 e. The summed E-state index contributed by atoms with van der Waals surface area (Å²) in [4.78, 5) is 34.8. The zero-order valence-electron chi connectivity index (χ0n) is 14.6. The second-order valence-electron chi connectivity index (χ2n) is 5.76. The van der Waals surface area contributed by atoms with Crippen molar-refractivity contribution in [1.82, 2.24) is 0 Å². The molecule has 1 aromatic heterocycles. The molecule has 2 aromatic carbocycles. The number of para-hydroxylation sites is 1. The number of hydrogen-bond acceptors (Lipinski definition) is 7. The maximum Gasteiger partial charge on any atom is 0.345 e. The molecule has 0 unspecified atom stereocenters. The molecule has 1 heterocycles. The molecule has 0 saturated carbocycles. The molecule has 0 radical (unpaired) electrons. The van der Waals surface area contributed by atoms with E-state index >= 15 is 0 Å². The Labute approximate surface area is 153 Å². The van der Waals surface area contributed by atoms with Gasteiger partial charge in [0.2, 0.25) is 0 Å². The van der Waals surface area contributed by atoms with E-state index in [2.05, 4.69) is 0 Å². The fraction of sp³-hybridized carbons (Fsp3) is 0.158. The number of methoxy groups -OCH3 is 1. The predicted octanol–water partition coefficient (Wildman–Crippen LogP) is 3.38. The summed E-state index contributed by atoms with van der Waals surface area (Å²) in [6.07, 6.45) is 0. The van der Waals surface area contributed by atoms with Gasteiger partial charge < -0.3 is 13.9 Å². The zero-order valence-corrected chi connectivity index (χ0v) is 14.6. The number of nitrogens with zero attached hydrogens (tertiary/aromatic N) is 1. The number of aryl methyl sites for hydroxylation is 1. The van der Waals surface area contributed by atoms with E-state index in [0.717, 1.165) is 0 Å². The van der Waals surface area contributed by atoms with Crippen LogP contribution in [0.5, 0.6) is 5.75 Å². The molecule has 0 saturated heterocycles. The topological polar surface area (TPSA) is 109 Å². The highest BCUT2D eigenvalue weighted by atomic mass is 16.6. The lowest BCUT2D eigenvalue weighted by molar-refractivity contribution is -0.385. The van der Waals surface area contributed by atoms with Crippen LogP contribution in [0.3, 0.4) is 0 Å². The number of ether oxygens (including phenoxy) is 2. The summed E-state index contributed by atoms with van der Waals surface area (Å²) in [6.45, 7) is 1.30. The fourth-order valence-electron chi connectivity index (χ4n) is 2.74. The highest BCUT2D eigenvalue weighted by Gasteiger charge is 2.23. The largest absolute Gasteiger partial charge is 0.497 e. The van der Waals surface area contributed by atoms with Crippen molar-refractivity contribution >= 4 is 22.6 Å². The molecular formula is C19H15NO7. The number of esters is 1. The molecule has 0 bridgehead atoms. The van der Waals surface area contributed by atoms with Gasteiger partial charge in [-0.3, -0.25) is 10.1 Å². The van der Waals surface area contributed by atoms with Gasteiger partial charge in [0.25, 0.3) is 5.69 Å². The fourth-order valence-corrected chi connectivity index (χ4v) is 2.74. The summed E-state index contributed by atoms with van der Waals surface area (Å²) in [5.41, 5.74) is 0.0105. The van der Waals surface area contributed by atoms with Crippen molar-refractivity contribution in [1.29, 1.82) is 0 Å². The van der Waals surface area contributed by atoms with Crippen LogP contribution >= 0.6 is 0 Å². The first kappa shape index (κ1) is 18.1. The average molecular weight is 369 g/mol.